The van der Waals surface area contributed by atoms with E-state index in [4.69, 9.17) is 16.3 Å². The van der Waals surface area contributed by atoms with E-state index < -0.39 is 0 Å². The van der Waals surface area contributed by atoms with E-state index in [1.54, 1.807) is 31.6 Å². The summed E-state index contributed by atoms with van der Waals surface area (Å²) >= 11 is 5.90. The molecule has 0 saturated heterocycles. The molecule has 0 bridgehead atoms. The monoisotopic (exact) mass is 333 g/mol. The minimum Gasteiger partial charge on any atom is -0.375 e. The Kier molecular flexibility index (Phi) is 6.38. The highest BCUT2D eigenvalue weighted by atomic mass is 35.5. The molecule has 2 N–H and O–H groups in total. The highest BCUT2D eigenvalue weighted by Gasteiger charge is 2.20. The lowest BCUT2D eigenvalue weighted by Crippen LogP contribution is -2.43. The number of hydrogen-bond acceptors (Lipinski definition) is 3. The van der Waals surface area contributed by atoms with Gasteiger partial charge in [0.25, 0.3) is 0 Å². The molecule has 0 spiro atoms. The van der Waals surface area contributed by atoms with Crippen molar-refractivity contribution in [2.45, 2.75) is 25.6 Å². The standard InChI is InChI=1S/C17H20ClN3O2/c1-12(16(23-2)14-3-5-15(18)6-4-14)21-17(22)20-11-13-7-9-19-10-8-13/h3-10,12,16H,11H2,1-2H3,(H2,20,21,22)/t12-,16-/m1/s1. The molecule has 0 saturated carbocycles. The van der Waals surface area contributed by atoms with Crippen LogP contribution in [0.15, 0.2) is 48.8 Å². The van der Waals surface area contributed by atoms with Crippen molar-refractivity contribution < 1.29 is 9.53 Å². The van der Waals surface area contributed by atoms with Crippen molar-refractivity contribution in [1.82, 2.24) is 15.6 Å². The summed E-state index contributed by atoms with van der Waals surface area (Å²) in [5, 5.41) is 6.37. The Balaban J connectivity index is 1.89. The molecule has 2 rings (SSSR count). The van der Waals surface area contributed by atoms with Crippen molar-refractivity contribution >= 4 is 17.6 Å². The molecule has 0 fully saturated rings. The topological polar surface area (TPSA) is 63.2 Å². The molecule has 5 nitrogen and oxygen atoms in total. The van der Waals surface area contributed by atoms with Gasteiger partial charge in [0.1, 0.15) is 6.10 Å². The molecule has 2 aromatic rings. The van der Waals surface area contributed by atoms with Crippen LogP contribution in [0.3, 0.4) is 0 Å². The zero-order valence-corrected chi connectivity index (χ0v) is 13.9. The summed E-state index contributed by atoms with van der Waals surface area (Å²) in [4.78, 5) is 16.0. The first-order valence-corrected chi connectivity index (χ1v) is 7.69. The highest BCUT2D eigenvalue weighted by molar-refractivity contribution is 6.30. The Morgan fingerprint density at radius 3 is 2.48 bits per heavy atom. The first-order chi connectivity index (χ1) is 11.1. The van der Waals surface area contributed by atoms with Crippen LogP contribution in [0.1, 0.15) is 24.2 Å². The smallest absolute Gasteiger partial charge is 0.315 e. The number of nitrogens with zero attached hydrogens (tertiary/aromatic N) is 1. The summed E-state index contributed by atoms with van der Waals surface area (Å²) in [6.07, 6.45) is 3.14. The van der Waals surface area contributed by atoms with Gasteiger partial charge in [-0.05, 0) is 42.3 Å². The number of methoxy groups -OCH3 is 1. The predicted molar refractivity (Wildman–Crippen MR) is 90.3 cm³/mol. The lowest BCUT2D eigenvalue weighted by Gasteiger charge is -2.24. The van der Waals surface area contributed by atoms with E-state index >= 15 is 0 Å². The number of ether oxygens (including phenoxy) is 1. The molecule has 122 valence electrons. The zero-order valence-electron chi connectivity index (χ0n) is 13.1. The number of hydrogen-bond donors (Lipinski definition) is 2. The van der Waals surface area contributed by atoms with Gasteiger partial charge in [-0.3, -0.25) is 4.98 Å². The van der Waals surface area contributed by atoms with E-state index in [0.717, 1.165) is 11.1 Å². The first kappa shape index (κ1) is 17.2. The Bertz CT molecular complexity index is 619. The fourth-order valence-corrected chi connectivity index (χ4v) is 2.42. The van der Waals surface area contributed by atoms with E-state index in [-0.39, 0.29) is 18.2 Å². The number of amides is 2. The number of pyridine rings is 1. The number of carbonyl (C=O) groups is 1. The lowest BCUT2D eigenvalue weighted by molar-refractivity contribution is 0.0762. The minimum atomic E-state index is -0.251. The molecule has 0 unspecified atom stereocenters. The summed E-state index contributed by atoms with van der Waals surface area (Å²) in [5.41, 5.74) is 1.95. The van der Waals surface area contributed by atoms with E-state index in [2.05, 4.69) is 15.6 Å². The van der Waals surface area contributed by atoms with Gasteiger partial charge >= 0.3 is 6.03 Å². The van der Waals surface area contributed by atoms with Crippen molar-refractivity contribution in [3.05, 3.63) is 64.9 Å². The first-order valence-electron chi connectivity index (χ1n) is 7.31. The molecular formula is C17H20ClN3O2. The second kappa shape index (κ2) is 8.50. The van der Waals surface area contributed by atoms with Crippen LogP contribution in [0.2, 0.25) is 5.02 Å². The second-order valence-electron chi connectivity index (χ2n) is 5.18. The van der Waals surface area contributed by atoms with Gasteiger partial charge in [0.05, 0.1) is 6.04 Å². The fraction of sp³-hybridized carbons (Fsp3) is 0.294. The average Bonchev–Trinajstić information content (AvgIpc) is 2.56. The molecule has 0 radical (unpaired) electrons. The summed E-state index contributed by atoms with van der Waals surface area (Å²) in [7, 11) is 1.62. The number of benzene rings is 1. The normalized spacial score (nSPS) is 13.2. The summed E-state index contributed by atoms with van der Waals surface area (Å²) in [5.74, 6) is 0. The van der Waals surface area contributed by atoms with Gasteiger partial charge in [0.15, 0.2) is 0 Å². The van der Waals surface area contributed by atoms with Gasteiger partial charge in [-0.1, -0.05) is 23.7 Å². The zero-order chi connectivity index (χ0) is 16.7. The van der Waals surface area contributed by atoms with Gasteiger partial charge in [0, 0.05) is 31.1 Å². The van der Waals surface area contributed by atoms with Crippen molar-refractivity contribution in [1.29, 1.82) is 0 Å². The number of carbonyl (C=O) groups excluding carboxylic acids is 1. The van der Waals surface area contributed by atoms with Crippen LogP contribution in [0.4, 0.5) is 4.79 Å². The Labute approximate surface area is 141 Å². The quantitative estimate of drug-likeness (QED) is 0.852. The molecule has 2 amide bonds. The minimum absolute atomic E-state index is 0.196. The molecule has 0 aliphatic rings. The number of aromatic nitrogens is 1. The van der Waals surface area contributed by atoms with Gasteiger partial charge in [0.2, 0.25) is 0 Å². The second-order valence-corrected chi connectivity index (χ2v) is 5.62. The van der Waals surface area contributed by atoms with Gasteiger partial charge in [-0.15, -0.1) is 0 Å². The number of rotatable bonds is 6. The predicted octanol–water partition coefficient (Wildman–Crippen LogP) is 3.31. The van der Waals surface area contributed by atoms with Crippen molar-refractivity contribution in [3.8, 4) is 0 Å². The fourth-order valence-electron chi connectivity index (χ4n) is 2.30. The number of halogens is 1. The molecule has 2 atom stereocenters. The Morgan fingerprint density at radius 2 is 1.87 bits per heavy atom. The molecule has 0 aliphatic carbocycles. The van der Waals surface area contributed by atoms with E-state index in [0.29, 0.717) is 11.6 Å². The van der Waals surface area contributed by atoms with Crippen LogP contribution in [0, 0.1) is 0 Å². The van der Waals surface area contributed by atoms with Crippen molar-refractivity contribution in [2.75, 3.05) is 7.11 Å². The maximum Gasteiger partial charge on any atom is 0.315 e. The molecule has 1 aromatic heterocycles. The molecular weight excluding hydrogens is 314 g/mol. The van der Waals surface area contributed by atoms with Gasteiger partial charge in [-0.2, -0.15) is 0 Å². The van der Waals surface area contributed by atoms with Crippen LogP contribution >= 0.6 is 11.6 Å². The van der Waals surface area contributed by atoms with Crippen LogP contribution in [-0.4, -0.2) is 24.2 Å². The summed E-state index contributed by atoms with van der Waals surface area (Å²) in [6.45, 7) is 2.34. The van der Waals surface area contributed by atoms with Crippen LogP contribution in [0.5, 0.6) is 0 Å². The van der Waals surface area contributed by atoms with E-state index in [9.17, 15) is 4.79 Å². The molecule has 1 aromatic carbocycles. The van der Waals surface area contributed by atoms with Crippen molar-refractivity contribution in [2.24, 2.45) is 0 Å². The van der Waals surface area contributed by atoms with Crippen LogP contribution in [-0.2, 0) is 11.3 Å². The third-order valence-electron chi connectivity index (χ3n) is 3.47. The molecule has 0 aliphatic heterocycles. The molecule has 23 heavy (non-hydrogen) atoms. The summed E-state index contributed by atoms with van der Waals surface area (Å²) in [6, 6.07) is 10.7. The Hall–Kier alpha value is -2.11. The van der Waals surface area contributed by atoms with Crippen LogP contribution < -0.4 is 10.6 Å². The SMILES string of the molecule is CO[C@@H](c1ccc(Cl)cc1)[C@@H](C)NC(=O)NCc1ccncc1. The van der Waals surface area contributed by atoms with Crippen LogP contribution in [0.25, 0.3) is 0 Å². The molecule has 6 heteroatoms. The third kappa shape index (κ3) is 5.23. The summed E-state index contributed by atoms with van der Waals surface area (Å²) < 4.78 is 5.51. The maximum absolute atomic E-state index is 12.0. The lowest BCUT2D eigenvalue weighted by atomic mass is 10.0. The number of nitrogens with one attached hydrogen (secondary N) is 2. The van der Waals surface area contributed by atoms with Crippen molar-refractivity contribution in [3.63, 3.8) is 0 Å². The average molecular weight is 334 g/mol. The van der Waals surface area contributed by atoms with Gasteiger partial charge < -0.3 is 15.4 Å². The van der Waals surface area contributed by atoms with Gasteiger partial charge in [-0.25, -0.2) is 4.79 Å². The Morgan fingerprint density at radius 1 is 1.22 bits per heavy atom. The third-order valence-corrected chi connectivity index (χ3v) is 3.72. The van der Waals surface area contributed by atoms with E-state index in [1.165, 1.54) is 0 Å². The number of urea groups is 1. The largest absolute Gasteiger partial charge is 0.375 e. The maximum atomic E-state index is 12.0. The van der Waals surface area contributed by atoms with E-state index in [1.807, 2.05) is 31.2 Å². The highest BCUT2D eigenvalue weighted by Crippen LogP contribution is 2.22. The molecule has 1 heterocycles.